The van der Waals surface area contributed by atoms with Gasteiger partial charge in [0.25, 0.3) is 0 Å². The lowest BCUT2D eigenvalue weighted by atomic mass is 9.89. The molecule has 3 heteroatoms. The Labute approximate surface area is 184 Å². The Balaban J connectivity index is 2.39. The van der Waals surface area contributed by atoms with Gasteiger partial charge in [-0.15, -0.1) is 0 Å². The molecule has 3 rings (SSSR count). The van der Waals surface area contributed by atoms with Crippen molar-refractivity contribution in [1.29, 1.82) is 0 Å². The van der Waals surface area contributed by atoms with Crippen LogP contribution in [0, 0.1) is 5.92 Å². The van der Waals surface area contributed by atoms with Crippen LogP contribution in [0.2, 0.25) is 0 Å². The summed E-state index contributed by atoms with van der Waals surface area (Å²) >= 11 is 0. The van der Waals surface area contributed by atoms with E-state index in [0.717, 1.165) is 25.8 Å². The highest BCUT2D eigenvalue weighted by Gasteiger charge is 2.28. The molecule has 0 saturated carbocycles. The van der Waals surface area contributed by atoms with Crippen molar-refractivity contribution in [3.05, 3.63) is 75.3 Å². The van der Waals surface area contributed by atoms with Gasteiger partial charge in [-0.2, -0.15) is 0 Å². The van der Waals surface area contributed by atoms with E-state index in [1.54, 1.807) is 6.20 Å². The number of nitrogens with two attached hydrogens (primary N) is 1. The van der Waals surface area contributed by atoms with Crippen molar-refractivity contribution >= 4 is 21.8 Å². The Morgan fingerprint density at radius 3 is 2.00 bits per heavy atom. The molecule has 0 saturated heterocycles. The van der Waals surface area contributed by atoms with Crippen LogP contribution in [0.5, 0.6) is 0 Å². The highest BCUT2D eigenvalue weighted by atomic mass is 32.2. The molecule has 2 atom stereocenters. The van der Waals surface area contributed by atoms with Gasteiger partial charge in [0.1, 0.15) is 0 Å². The van der Waals surface area contributed by atoms with Gasteiger partial charge in [0.05, 0.1) is 15.7 Å². The summed E-state index contributed by atoms with van der Waals surface area (Å²) in [4.78, 5) is 1.96. The first-order chi connectivity index (χ1) is 14.2. The van der Waals surface area contributed by atoms with Crippen LogP contribution in [0.1, 0.15) is 82.9 Å². The van der Waals surface area contributed by atoms with Gasteiger partial charge >= 0.3 is 0 Å². The number of allylic oxidation sites excluding steroid dienone is 1. The van der Waals surface area contributed by atoms with E-state index >= 15 is 0 Å². The molecule has 0 radical (unpaired) electrons. The molecule has 30 heavy (non-hydrogen) atoms. The van der Waals surface area contributed by atoms with Gasteiger partial charge in [0.2, 0.25) is 0 Å². The monoisotopic (exact) mass is 421 g/mol. The molecule has 1 aliphatic rings. The summed E-state index contributed by atoms with van der Waals surface area (Å²) in [6.45, 7) is 15.4. The maximum atomic E-state index is 14.4. The van der Waals surface area contributed by atoms with Crippen LogP contribution >= 0.6 is 0 Å². The van der Waals surface area contributed by atoms with Crippen molar-refractivity contribution in [2.75, 3.05) is 0 Å². The Bertz CT molecular complexity index is 1090. The lowest BCUT2D eigenvalue weighted by Gasteiger charge is -2.26. The number of rotatable bonds is 5. The van der Waals surface area contributed by atoms with E-state index in [-0.39, 0.29) is 5.92 Å². The van der Waals surface area contributed by atoms with Crippen LogP contribution in [0.4, 0.5) is 0 Å². The lowest BCUT2D eigenvalue weighted by molar-refractivity contribution is 0.679. The minimum atomic E-state index is -1.27. The van der Waals surface area contributed by atoms with Gasteiger partial charge in [-0.1, -0.05) is 84.9 Å². The second kappa shape index (κ2) is 8.93. The molecule has 0 spiro atoms. The molecule has 0 heterocycles. The first kappa shape index (κ1) is 22.6. The Morgan fingerprint density at radius 2 is 1.50 bits per heavy atom. The predicted octanol–water partition coefficient (Wildman–Crippen LogP) is 5.25. The van der Waals surface area contributed by atoms with Gasteiger partial charge in [0.15, 0.2) is 0 Å². The molecule has 2 N–H and O–H groups in total. The van der Waals surface area contributed by atoms with E-state index in [0.29, 0.717) is 17.8 Å². The minimum Gasteiger partial charge on any atom is -0.404 e. The second-order valence-corrected chi connectivity index (χ2v) is 10.6. The fourth-order valence-electron chi connectivity index (χ4n) is 4.20. The van der Waals surface area contributed by atoms with Crippen molar-refractivity contribution < 1.29 is 4.21 Å². The molecule has 0 fully saturated rings. The highest BCUT2D eigenvalue weighted by molar-refractivity contribution is 7.94. The molecular formula is C27H35NOS. The molecule has 2 aromatic rings. The third-order valence-electron chi connectivity index (χ3n) is 6.10. The van der Waals surface area contributed by atoms with Crippen LogP contribution in [-0.4, -0.2) is 4.21 Å². The van der Waals surface area contributed by atoms with Gasteiger partial charge in [-0.25, -0.2) is 4.21 Å². The summed E-state index contributed by atoms with van der Waals surface area (Å²) in [5, 5.41) is 2.16. The molecule has 1 aliphatic carbocycles. The molecule has 2 nitrogen and oxygen atoms in total. The average Bonchev–Trinajstić information content (AvgIpc) is 2.71. The Kier molecular flexibility index (Phi) is 6.71. The average molecular weight is 422 g/mol. The normalized spacial score (nSPS) is 18.8. The van der Waals surface area contributed by atoms with Crippen molar-refractivity contribution in [2.45, 2.75) is 71.1 Å². The third-order valence-corrected chi connectivity index (χ3v) is 7.91. The van der Waals surface area contributed by atoms with Crippen LogP contribution in [0.25, 0.3) is 11.0 Å². The van der Waals surface area contributed by atoms with Gasteiger partial charge in [-0.05, 0) is 62.7 Å². The van der Waals surface area contributed by atoms with Gasteiger partial charge in [-0.3, -0.25) is 0 Å². The molecule has 0 aliphatic heterocycles. The summed E-state index contributed by atoms with van der Waals surface area (Å²) < 4.78 is 14.4. The zero-order valence-electron chi connectivity index (χ0n) is 19.3. The van der Waals surface area contributed by atoms with E-state index in [1.165, 1.54) is 16.7 Å². The SMILES string of the molecule is CC1C(=CN)C=c2ccccc2=C1S(=O)c1c(C(C)C)cc(C(C)C)cc1C(C)C. The summed E-state index contributed by atoms with van der Waals surface area (Å²) in [7, 11) is -1.27. The predicted molar refractivity (Wildman–Crippen MR) is 130 cm³/mol. The van der Waals surface area contributed by atoms with Crippen molar-refractivity contribution in [1.82, 2.24) is 0 Å². The summed E-state index contributed by atoms with van der Waals surface area (Å²) in [6.07, 6.45) is 3.78. The molecule has 0 bridgehead atoms. The molecular weight excluding hydrogens is 386 g/mol. The fourth-order valence-corrected chi connectivity index (χ4v) is 6.28. The summed E-state index contributed by atoms with van der Waals surface area (Å²) in [6, 6.07) is 12.8. The standard InChI is InChI=1S/C27H35NOS/c1-16(2)21-13-24(17(3)4)27(25(14-21)18(5)6)30(29)26-19(7)22(15-28)12-20-10-8-9-11-23(20)26/h8-19H,28H2,1-7H3. The van der Waals surface area contributed by atoms with Crippen LogP contribution in [-0.2, 0) is 10.8 Å². The van der Waals surface area contributed by atoms with E-state index in [9.17, 15) is 4.21 Å². The number of hydrogen-bond acceptors (Lipinski definition) is 2. The molecule has 0 aromatic heterocycles. The molecule has 2 aromatic carbocycles. The summed E-state index contributed by atoms with van der Waals surface area (Å²) in [5.74, 6) is 1.04. The van der Waals surface area contributed by atoms with E-state index in [2.05, 4.69) is 78.8 Å². The lowest BCUT2D eigenvalue weighted by Crippen LogP contribution is -2.35. The zero-order valence-corrected chi connectivity index (χ0v) is 20.1. The summed E-state index contributed by atoms with van der Waals surface area (Å²) in [5.41, 5.74) is 10.7. The van der Waals surface area contributed by atoms with Crippen LogP contribution in [0.3, 0.4) is 0 Å². The van der Waals surface area contributed by atoms with Gasteiger partial charge in [0, 0.05) is 10.8 Å². The Morgan fingerprint density at radius 1 is 0.933 bits per heavy atom. The second-order valence-electron chi connectivity index (χ2n) is 9.25. The maximum absolute atomic E-state index is 14.4. The third kappa shape index (κ3) is 4.05. The van der Waals surface area contributed by atoms with E-state index in [4.69, 9.17) is 5.73 Å². The minimum absolute atomic E-state index is 0.00975. The largest absolute Gasteiger partial charge is 0.404 e. The zero-order chi connectivity index (χ0) is 22.2. The van der Waals surface area contributed by atoms with Crippen molar-refractivity contribution in [3.8, 4) is 0 Å². The molecule has 160 valence electrons. The van der Waals surface area contributed by atoms with Crippen LogP contribution in [0.15, 0.2) is 53.1 Å². The first-order valence-electron chi connectivity index (χ1n) is 11.0. The maximum Gasteiger partial charge on any atom is 0.0826 e. The highest BCUT2D eigenvalue weighted by Crippen LogP contribution is 2.38. The fraction of sp³-hybridized carbons (Fsp3) is 0.407. The van der Waals surface area contributed by atoms with Gasteiger partial charge < -0.3 is 5.73 Å². The van der Waals surface area contributed by atoms with E-state index < -0.39 is 10.8 Å². The molecule has 0 amide bonds. The first-order valence-corrected chi connectivity index (χ1v) is 12.1. The van der Waals surface area contributed by atoms with Crippen molar-refractivity contribution in [2.24, 2.45) is 11.7 Å². The van der Waals surface area contributed by atoms with Crippen LogP contribution < -0.4 is 16.2 Å². The van der Waals surface area contributed by atoms with E-state index in [1.807, 2.05) is 12.1 Å². The number of benzene rings is 2. The topological polar surface area (TPSA) is 43.1 Å². The number of fused-ring (bicyclic) bond motifs is 1. The quantitative estimate of drug-likeness (QED) is 0.717. The smallest absolute Gasteiger partial charge is 0.0826 e. The Hall–Kier alpha value is -2.13. The van der Waals surface area contributed by atoms with Crippen molar-refractivity contribution in [3.63, 3.8) is 0 Å². The molecule has 2 unspecified atom stereocenters. The number of hydrogen-bond donors (Lipinski definition) is 1.